The Balaban J connectivity index is 1.31. The van der Waals surface area contributed by atoms with Gasteiger partial charge < -0.3 is 26.6 Å². The second-order valence-electron chi connectivity index (χ2n) is 15.8. The van der Waals surface area contributed by atoms with Crippen LogP contribution in [-0.2, 0) is 14.4 Å². The zero-order valence-corrected chi connectivity index (χ0v) is 27.6. The highest BCUT2D eigenvalue weighted by Gasteiger charge is 2.60. The molecule has 11 atom stereocenters. The molecule has 0 spiro atoms. The third kappa shape index (κ3) is 7.26. The predicted molar refractivity (Wildman–Crippen MR) is 169 cm³/mol. The normalized spacial score (nSPS) is 37.4. The van der Waals surface area contributed by atoms with E-state index in [1.54, 1.807) is 0 Å². The molecule has 2 amide bonds. The summed E-state index contributed by atoms with van der Waals surface area (Å²) in [6.07, 6.45) is 13.6. The van der Waals surface area contributed by atoms with Crippen molar-refractivity contribution in [3.8, 4) is 0 Å². The minimum absolute atomic E-state index is 0.101. The molecule has 0 saturated heterocycles. The van der Waals surface area contributed by atoms with Crippen molar-refractivity contribution in [2.75, 3.05) is 6.54 Å². The first kappa shape index (κ1) is 34.2. The first-order valence-corrected chi connectivity index (χ1v) is 17.5. The lowest BCUT2D eigenvalue weighted by molar-refractivity contribution is -0.142. The quantitative estimate of drug-likeness (QED) is 0.182. The van der Waals surface area contributed by atoms with Gasteiger partial charge in [0.05, 0.1) is 6.10 Å². The Hall–Kier alpha value is -1.67. The van der Waals surface area contributed by atoms with Gasteiger partial charge in [-0.15, -0.1) is 0 Å². The van der Waals surface area contributed by atoms with E-state index >= 15 is 0 Å². The summed E-state index contributed by atoms with van der Waals surface area (Å²) in [4.78, 5) is 37.8. The molecule has 4 fully saturated rings. The van der Waals surface area contributed by atoms with Gasteiger partial charge in [0.25, 0.3) is 0 Å². The van der Waals surface area contributed by atoms with Crippen molar-refractivity contribution in [1.29, 1.82) is 0 Å². The van der Waals surface area contributed by atoms with Crippen LogP contribution in [0.5, 0.6) is 0 Å². The van der Waals surface area contributed by atoms with Gasteiger partial charge in [-0.25, -0.2) is 4.79 Å². The molecule has 0 aromatic heterocycles. The van der Waals surface area contributed by atoms with Gasteiger partial charge in [-0.1, -0.05) is 34.6 Å². The summed E-state index contributed by atoms with van der Waals surface area (Å²) in [6.45, 7) is 11.6. The molecular weight excluding hydrogens is 542 g/mol. The van der Waals surface area contributed by atoms with Gasteiger partial charge in [-0.05, 0) is 142 Å². The zero-order valence-electron chi connectivity index (χ0n) is 27.6. The van der Waals surface area contributed by atoms with Crippen LogP contribution in [0.2, 0.25) is 0 Å². The minimum Gasteiger partial charge on any atom is -0.480 e. The van der Waals surface area contributed by atoms with E-state index in [4.69, 9.17) is 5.73 Å². The number of nitrogens with two attached hydrogens (primary N) is 1. The number of carbonyl (C=O) groups is 3. The lowest BCUT2D eigenvalue weighted by atomic mass is 9.44. The number of aliphatic hydroxyl groups is 1. The highest BCUT2D eigenvalue weighted by Crippen LogP contribution is 2.68. The summed E-state index contributed by atoms with van der Waals surface area (Å²) in [5.41, 5.74) is 6.24. The molecule has 43 heavy (non-hydrogen) atoms. The Bertz CT molecular complexity index is 989. The number of hydrogen-bond donors (Lipinski definition) is 5. The van der Waals surface area contributed by atoms with E-state index in [0.717, 1.165) is 37.0 Å². The SMILES string of the molecule is CC(C)C(NC(=O)CCC(C)[C@H]1CC[C@H]2[C@@H]3CC[C@@H]4C[C@H](O)CC[C@]4(C)[C@H]3CC[C@]12C)C(=O)NC(CCCCN)C(=O)O. The zero-order chi connectivity index (χ0) is 31.5. The molecule has 4 rings (SSSR count). The van der Waals surface area contributed by atoms with Crippen molar-refractivity contribution in [3.05, 3.63) is 0 Å². The summed E-state index contributed by atoms with van der Waals surface area (Å²) in [6, 6.07) is -1.74. The van der Waals surface area contributed by atoms with E-state index in [1.807, 2.05) is 13.8 Å². The molecule has 4 saturated carbocycles. The van der Waals surface area contributed by atoms with Gasteiger partial charge in [0.2, 0.25) is 11.8 Å². The fraction of sp³-hybridized carbons (Fsp3) is 0.914. The molecule has 0 aliphatic heterocycles. The Labute approximate surface area is 260 Å². The van der Waals surface area contributed by atoms with Gasteiger partial charge >= 0.3 is 5.97 Å². The van der Waals surface area contributed by atoms with E-state index < -0.39 is 24.0 Å². The van der Waals surface area contributed by atoms with Crippen molar-refractivity contribution >= 4 is 17.8 Å². The first-order chi connectivity index (χ1) is 20.3. The Kier molecular flexibility index (Phi) is 11.3. The third-order valence-electron chi connectivity index (χ3n) is 13.1. The van der Waals surface area contributed by atoms with E-state index in [1.165, 1.54) is 44.9 Å². The van der Waals surface area contributed by atoms with Crippen LogP contribution in [0.3, 0.4) is 0 Å². The maximum Gasteiger partial charge on any atom is 0.326 e. The summed E-state index contributed by atoms with van der Waals surface area (Å²) in [5, 5.41) is 25.5. The maximum absolute atomic E-state index is 13.1. The van der Waals surface area contributed by atoms with Gasteiger partial charge in [0, 0.05) is 6.42 Å². The molecule has 0 radical (unpaired) electrons. The number of fused-ring (bicyclic) bond motifs is 5. The molecule has 246 valence electrons. The van der Waals surface area contributed by atoms with Crippen LogP contribution in [0.1, 0.15) is 125 Å². The smallest absolute Gasteiger partial charge is 0.326 e. The number of hydrogen-bond acceptors (Lipinski definition) is 5. The molecule has 3 unspecified atom stereocenters. The number of nitrogens with one attached hydrogen (secondary N) is 2. The lowest BCUT2D eigenvalue weighted by Gasteiger charge is -2.61. The average Bonchev–Trinajstić information content (AvgIpc) is 3.31. The van der Waals surface area contributed by atoms with Crippen molar-refractivity contribution < 1.29 is 24.6 Å². The highest BCUT2D eigenvalue weighted by atomic mass is 16.4. The van der Waals surface area contributed by atoms with Crippen LogP contribution in [0.15, 0.2) is 0 Å². The highest BCUT2D eigenvalue weighted by molar-refractivity contribution is 5.90. The molecule has 6 N–H and O–H groups in total. The monoisotopic (exact) mass is 603 g/mol. The topological polar surface area (TPSA) is 142 Å². The largest absolute Gasteiger partial charge is 0.480 e. The Morgan fingerprint density at radius 2 is 1.58 bits per heavy atom. The molecule has 8 nitrogen and oxygen atoms in total. The fourth-order valence-electron chi connectivity index (χ4n) is 10.6. The van der Waals surface area contributed by atoms with Crippen molar-refractivity contribution in [2.45, 2.75) is 143 Å². The van der Waals surface area contributed by atoms with E-state index in [2.05, 4.69) is 31.4 Å². The number of carboxylic acid groups (broad SMARTS) is 1. The van der Waals surface area contributed by atoms with Gasteiger partial charge in [0.1, 0.15) is 12.1 Å². The lowest BCUT2D eigenvalue weighted by Crippen LogP contribution is -2.54. The molecule has 0 aromatic carbocycles. The van der Waals surface area contributed by atoms with Crippen LogP contribution >= 0.6 is 0 Å². The van der Waals surface area contributed by atoms with Crippen LogP contribution in [0, 0.1) is 52.3 Å². The fourth-order valence-corrected chi connectivity index (χ4v) is 10.6. The van der Waals surface area contributed by atoms with Crippen molar-refractivity contribution in [3.63, 3.8) is 0 Å². The minimum atomic E-state index is -1.06. The average molecular weight is 604 g/mol. The van der Waals surface area contributed by atoms with E-state index in [-0.39, 0.29) is 17.9 Å². The van der Waals surface area contributed by atoms with E-state index in [0.29, 0.717) is 60.8 Å². The maximum atomic E-state index is 13.1. The molecular formula is C35H61N3O5. The molecule has 4 aliphatic rings. The van der Waals surface area contributed by atoms with Gasteiger partial charge in [0.15, 0.2) is 0 Å². The number of aliphatic hydroxyl groups excluding tert-OH is 1. The third-order valence-corrected chi connectivity index (χ3v) is 13.1. The second kappa shape index (κ2) is 14.2. The Morgan fingerprint density at radius 3 is 2.26 bits per heavy atom. The van der Waals surface area contributed by atoms with E-state index in [9.17, 15) is 24.6 Å². The van der Waals surface area contributed by atoms with Crippen LogP contribution < -0.4 is 16.4 Å². The Morgan fingerprint density at radius 1 is 0.884 bits per heavy atom. The van der Waals surface area contributed by atoms with Crippen LogP contribution in [0.25, 0.3) is 0 Å². The molecule has 0 heterocycles. The molecule has 0 bridgehead atoms. The number of amides is 2. The summed E-state index contributed by atoms with van der Waals surface area (Å²) in [5.74, 6) is 2.28. The van der Waals surface area contributed by atoms with Crippen molar-refractivity contribution in [1.82, 2.24) is 10.6 Å². The summed E-state index contributed by atoms with van der Waals surface area (Å²) < 4.78 is 0. The molecule has 0 aromatic rings. The standard InChI is InChI=1S/C35H61N3O5/c1-21(2)31(32(41)37-29(33(42)43)8-6-7-19-36)38-30(40)14-9-22(3)26-12-13-27-25-11-10-23-20-24(39)15-17-34(23,4)28(25)16-18-35(26,27)5/h21-29,31,39H,6-20,36H2,1-5H3,(H,37,41)(H,38,40)(H,42,43)/t22?,23-,24-,25+,26-,27+,28+,29?,31?,34+,35-/m1/s1. The molecule has 4 aliphatic carbocycles. The first-order valence-electron chi connectivity index (χ1n) is 17.5. The van der Waals surface area contributed by atoms with Crippen LogP contribution in [-0.4, -0.2) is 52.7 Å². The van der Waals surface area contributed by atoms with Gasteiger partial charge in [-0.2, -0.15) is 0 Å². The number of rotatable bonds is 13. The van der Waals surface area contributed by atoms with Gasteiger partial charge in [-0.3, -0.25) is 9.59 Å². The summed E-state index contributed by atoms with van der Waals surface area (Å²) >= 11 is 0. The summed E-state index contributed by atoms with van der Waals surface area (Å²) in [7, 11) is 0. The number of unbranched alkanes of at least 4 members (excludes halogenated alkanes) is 1. The van der Waals surface area contributed by atoms with Crippen LogP contribution in [0.4, 0.5) is 0 Å². The predicted octanol–water partition coefficient (Wildman–Crippen LogP) is 5.26. The number of aliphatic carboxylic acids is 1. The number of carboxylic acids is 1. The molecule has 8 heteroatoms. The van der Waals surface area contributed by atoms with Crippen molar-refractivity contribution in [2.24, 2.45) is 58.0 Å². The second-order valence-corrected chi connectivity index (χ2v) is 15.8. The number of carbonyl (C=O) groups excluding carboxylic acids is 2.